The van der Waals surface area contributed by atoms with Crippen molar-refractivity contribution in [3.63, 3.8) is 0 Å². The van der Waals surface area contributed by atoms with Gasteiger partial charge in [0.15, 0.2) is 0 Å². The van der Waals surface area contributed by atoms with Gasteiger partial charge in [0.2, 0.25) is 5.91 Å². The van der Waals surface area contributed by atoms with Crippen molar-refractivity contribution in [3.8, 4) is 11.1 Å². The fourth-order valence-electron chi connectivity index (χ4n) is 2.37. The lowest BCUT2D eigenvalue weighted by molar-refractivity contribution is -0.116. The highest BCUT2D eigenvalue weighted by atomic mass is 16.1. The van der Waals surface area contributed by atoms with Crippen LogP contribution in [0, 0.1) is 0 Å². The highest BCUT2D eigenvalue weighted by Gasteiger charge is 2.13. The fraction of sp³-hybridized carbons (Fsp3) is 0.188. The molecule has 1 aliphatic rings. The van der Waals surface area contributed by atoms with Crippen molar-refractivity contribution in [1.29, 1.82) is 0 Å². The lowest BCUT2D eigenvalue weighted by Gasteiger charge is -2.09. The first kappa shape index (κ1) is 11.0. The number of carbonyl (C=O) groups is 1. The van der Waals surface area contributed by atoms with E-state index in [9.17, 15) is 4.79 Å². The molecule has 0 saturated heterocycles. The average Bonchev–Trinajstić information content (AvgIpc) is 2.59. The molecule has 90 valence electrons. The van der Waals surface area contributed by atoms with Gasteiger partial charge in [-0.05, 0) is 35.6 Å². The largest absolute Gasteiger partial charge is 0.326 e. The van der Waals surface area contributed by atoms with E-state index in [0.29, 0.717) is 6.42 Å². The molecule has 1 aliphatic heterocycles. The molecule has 0 radical (unpaired) electrons. The number of fused-ring (bicyclic) bond motifs is 1. The van der Waals surface area contributed by atoms with Crippen LogP contribution in [0.25, 0.3) is 11.1 Å². The van der Waals surface area contributed by atoms with Crippen LogP contribution in [0.5, 0.6) is 0 Å². The van der Waals surface area contributed by atoms with E-state index in [1.165, 1.54) is 11.1 Å². The standard InChI is InChI=1S/C16H15NO/c18-16-8-4-7-13-9-10-14(11-15(13)17-16)12-5-2-1-3-6-12/h1-3,5-6,9-11H,4,7-8H2,(H,17,18). The molecule has 1 N–H and O–H groups in total. The first-order valence-electron chi connectivity index (χ1n) is 6.31. The smallest absolute Gasteiger partial charge is 0.224 e. The summed E-state index contributed by atoms with van der Waals surface area (Å²) in [6, 6.07) is 16.6. The second-order valence-corrected chi connectivity index (χ2v) is 4.64. The Morgan fingerprint density at radius 2 is 1.72 bits per heavy atom. The summed E-state index contributed by atoms with van der Waals surface area (Å²) in [4.78, 5) is 11.6. The van der Waals surface area contributed by atoms with Gasteiger partial charge in [0.05, 0.1) is 0 Å². The molecule has 0 aromatic heterocycles. The molecule has 1 heterocycles. The third-order valence-corrected chi connectivity index (χ3v) is 3.34. The van der Waals surface area contributed by atoms with Crippen molar-refractivity contribution in [2.45, 2.75) is 19.3 Å². The zero-order valence-corrected chi connectivity index (χ0v) is 10.1. The van der Waals surface area contributed by atoms with Crippen LogP contribution in [0.1, 0.15) is 18.4 Å². The Bertz CT molecular complexity index is 575. The van der Waals surface area contributed by atoms with E-state index in [0.717, 1.165) is 24.1 Å². The maximum Gasteiger partial charge on any atom is 0.224 e. The molecule has 18 heavy (non-hydrogen) atoms. The molecule has 0 unspecified atom stereocenters. The quantitative estimate of drug-likeness (QED) is 0.806. The van der Waals surface area contributed by atoms with Crippen molar-refractivity contribution >= 4 is 11.6 Å². The minimum Gasteiger partial charge on any atom is -0.326 e. The van der Waals surface area contributed by atoms with Gasteiger partial charge in [0, 0.05) is 12.1 Å². The van der Waals surface area contributed by atoms with E-state index in [1.54, 1.807) is 0 Å². The van der Waals surface area contributed by atoms with Crippen LogP contribution >= 0.6 is 0 Å². The van der Waals surface area contributed by atoms with E-state index in [2.05, 4.69) is 35.6 Å². The minimum absolute atomic E-state index is 0.124. The Morgan fingerprint density at radius 3 is 2.56 bits per heavy atom. The monoisotopic (exact) mass is 237 g/mol. The molecule has 0 aliphatic carbocycles. The number of hydrogen-bond donors (Lipinski definition) is 1. The number of rotatable bonds is 1. The van der Waals surface area contributed by atoms with Gasteiger partial charge in [-0.15, -0.1) is 0 Å². The van der Waals surface area contributed by atoms with Crippen LogP contribution in [0.2, 0.25) is 0 Å². The SMILES string of the molecule is O=C1CCCc2ccc(-c3ccccc3)cc2N1. The second kappa shape index (κ2) is 4.65. The molecule has 2 heteroatoms. The highest BCUT2D eigenvalue weighted by molar-refractivity contribution is 5.93. The predicted molar refractivity (Wildman–Crippen MR) is 73.4 cm³/mol. The zero-order chi connectivity index (χ0) is 12.4. The summed E-state index contributed by atoms with van der Waals surface area (Å²) in [5, 5.41) is 2.99. The van der Waals surface area contributed by atoms with E-state index >= 15 is 0 Å². The molecule has 0 bridgehead atoms. The molecule has 0 fully saturated rings. The van der Waals surface area contributed by atoms with Crippen molar-refractivity contribution < 1.29 is 4.79 Å². The number of hydrogen-bond acceptors (Lipinski definition) is 1. The number of carbonyl (C=O) groups excluding carboxylic acids is 1. The third-order valence-electron chi connectivity index (χ3n) is 3.34. The molecule has 3 rings (SSSR count). The molecular formula is C16H15NO. The molecule has 0 atom stereocenters. The first-order valence-corrected chi connectivity index (χ1v) is 6.31. The van der Waals surface area contributed by atoms with E-state index in [1.807, 2.05) is 18.2 Å². The van der Waals surface area contributed by atoms with E-state index in [-0.39, 0.29) is 5.91 Å². The molecule has 0 spiro atoms. The summed E-state index contributed by atoms with van der Waals surface area (Å²) in [7, 11) is 0. The Kier molecular flexibility index (Phi) is 2.85. The van der Waals surface area contributed by atoms with Crippen molar-refractivity contribution in [2.75, 3.05) is 5.32 Å². The van der Waals surface area contributed by atoms with Gasteiger partial charge in [-0.25, -0.2) is 0 Å². The van der Waals surface area contributed by atoms with Crippen molar-refractivity contribution in [2.24, 2.45) is 0 Å². The number of nitrogens with one attached hydrogen (secondary N) is 1. The van der Waals surface area contributed by atoms with Crippen LogP contribution in [0.3, 0.4) is 0 Å². The second-order valence-electron chi connectivity index (χ2n) is 4.64. The summed E-state index contributed by atoms with van der Waals surface area (Å²) in [6.07, 6.45) is 2.53. The van der Waals surface area contributed by atoms with E-state index < -0.39 is 0 Å². The van der Waals surface area contributed by atoms with Gasteiger partial charge in [-0.3, -0.25) is 4.79 Å². The van der Waals surface area contributed by atoms with Crippen LogP contribution in [-0.2, 0) is 11.2 Å². The Morgan fingerprint density at radius 1 is 0.889 bits per heavy atom. The number of aryl methyl sites for hydroxylation is 1. The summed E-state index contributed by atoms with van der Waals surface area (Å²) in [5.41, 5.74) is 4.54. The average molecular weight is 237 g/mol. The lowest BCUT2D eigenvalue weighted by Crippen LogP contribution is -2.09. The first-order chi connectivity index (χ1) is 8.83. The molecule has 1 amide bonds. The lowest BCUT2D eigenvalue weighted by atomic mass is 10.0. The normalized spacial score (nSPS) is 14.6. The van der Waals surface area contributed by atoms with Gasteiger partial charge in [0.1, 0.15) is 0 Å². The Labute approximate surface area is 107 Å². The molecule has 2 aromatic rings. The van der Waals surface area contributed by atoms with Crippen LogP contribution in [0.15, 0.2) is 48.5 Å². The molecule has 0 saturated carbocycles. The predicted octanol–water partition coefficient (Wildman–Crippen LogP) is 3.63. The van der Waals surface area contributed by atoms with Gasteiger partial charge in [-0.1, -0.05) is 42.5 Å². The highest BCUT2D eigenvalue weighted by Crippen LogP contribution is 2.28. The summed E-state index contributed by atoms with van der Waals surface area (Å²) in [5.74, 6) is 0.124. The van der Waals surface area contributed by atoms with Crippen molar-refractivity contribution in [3.05, 3.63) is 54.1 Å². The van der Waals surface area contributed by atoms with Crippen molar-refractivity contribution in [1.82, 2.24) is 0 Å². The van der Waals surface area contributed by atoms with Gasteiger partial charge in [0.25, 0.3) is 0 Å². The Balaban J connectivity index is 2.02. The topological polar surface area (TPSA) is 29.1 Å². The molecular weight excluding hydrogens is 222 g/mol. The van der Waals surface area contributed by atoms with Crippen LogP contribution in [0.4, 0.5) is 5.69 Å². The number of amides is 1. The van der Waals surface area contributed by atoms with Gasteiger partial charge >= 0.3 is 0 Å². The molecule has 2 aromatic carbocycles. The van der Waals surface area contributed by atoms with Gasteiger partial charge in [-0.2, -0.15) is 0 Å². The number of benzene rings is 2. The maximum atomic E-state index is 11.6. The van der Waals surface area contributed by atoms with Gasteiger partial charge < -0.3 is 5.32 Å². The summed E-state index contributed by atoms with van der Waals surface area (Å²) < 4.78 is 0. The summed E-state index contributed by atoms with van der Waals surface area (Å²) >= 11 is 0. The third kappa shape index (κ3) is 2.14. The van der Waals surface area contributed by atoms with E-state index in [4.69, 9.17) is 0 Å². The van der Waals surface area contributed by atoms with Crippen LogP contribution in [-0.4, -0.2) is 5.91 Å². The molecule has 2 nitrogen and oxygen atoms in total. The Hall–Kier alpha value is -2.09. The minimum atomic E-state index is 0.124. The number of anilines is 1. The van der Waals surface area contributed by atoms with Crippen LogP contribution < -0.4 is 5.32 Å². The summed E-state index contributed by atoms with van der Waals surface area (Å²) in [6.45, 7) is 0. The maximum absolute atomic E-state index is 11.6. The fourth-order valence-corrected chi connectivity index (χ4v) is 2.37. The zero-order valence-electron chi connectivity index (χ0n) is 10.1.